The van der Waals surface area contributed by atoms with E-state index in [1.807, 2.05) is 0 Å². The fourth-order valence-corrected chi connectivity index (χ4v) is 2.15. The molecular weight excluding hydrogens is 184 g/mol. The Balaban J connectivity index is 2.57. The highest BCUT2D eigenvalue weighted by atomic mass is 16.5. The monoisotopic (exact) mass is 210 g/mol. The van der Waals surface area contributed by atoms with Gasteiger partial charge in [0.15, 0.2) is 0 Å². The normalized spacial score (nSPS) is 32.7. The highest BCUT2D eigenvalue weighted by Gasteiger charge is 2.24. The van der Waals surface area contributed by atoms with E-state index in [9.17, 15) is 0 Å². The third-order valence-corrected chi connectivity index (χ3v) is 3.08. The van der Waals surface area contributed by atoms with Crippen LogP contribution in [-0.4, -0.2) is 11.7 Å². The molecule has 0 aliphatic heterocycles. The number of hydrogen-bond acceptors (Lipinski definition) is 1. The second kappa shape index (κ2) is 5.16. The van der Waals surface area contributed by atoms with E-state index in [0.29, 0.717) is 12.0 Å². The zero-order valence-corrected chi connectivity index (χ0v) is 11.0. The summed E-state index contributed by atoms with van der Waals surface area (Å²) in [6.45, 7) is 11.0. The van der Waals surface area contributed by atoms with Gasteiger partial charge >= 0.3 is 0 Å². The van der Waals surface area contributed by atoms with Crippen molar-refractivity contribution in [2.24, 2.45) is 5.92 Å². The lowest BCUT2D eigenvalue weighted by Crippen LogP contribution is -2.32. The van der Waals surface area contributed by atoms with Crippen LogP contribution in [0, 0.1) is 5.92 Å². The molecule has 0 amide bonds. The van der Waals surface area contributed by atoms with Crippen molar-refractivity contribution in [2.75, 3.05) is 0 Å². The Kier molecular flexibility index (Phi) is 4.39. The zero-order valence-electron chi connectivity index (χ0n) is 11.0. The van der Waals surface area contributed by atoms with Crippen molar-refractivity contribution in [2.45, 2.75) is 72.0 Å². The summed E-state index contributed by atoms with van der Waals surface area (Å²) in [7, 11) is 0. The molecule has 2 atom stereocenters. The Bertz CT molecular complexity index is 222. The third kappa shape index (κ3) is 4.83. The van der Waals surface area contributed by atoms with Crippen LogP contribution in [-0.2, 0) is 4.74 Å². The minimum Gasteiger partial charge on any atom is -0.372 e. The molecular formula is C14H26O. The van der Waals surface area contributed by atoms with Crippen molar-refractivity contribution < 1.29 is 4.74 Å². The SMILES string of the molecule is C/C1=C/CCC(OC(C)(C)C)C(C)CC1. The zero-order chi connectivity index (χ0) is 11.5. The predicted octanol–water partition coefficient (Wildman–Crippen LogP) is 4.33. The molecule has 1 nitrogen and oxygen atoms in total. The molecule has 88 valence electrons. The molecule has 0 aromatic carbocycles. The minimum absolute atomic E-state index is 0.00309. The van der Waals surface area contributed by atoms with E-state index in [2.05, 4.69) is 40.7 Å². The van der Waals surface area contributed by atoms with Gasteiger partial charge in [0.25, 0.3) is 0 Å². The summed E-state index contributed by atoms with van der Waals surface area (Å²) in [5.74, 6) is 0.688. The second-order valence-corrected chi connectivity index (χ2v) is 5.91. The second-order valence-electron chi connectivity index (χ2n) is 5.91. The van der Waals surface area contributed by atoms with Gasteiger partial charge in [0.05, 0.1) is 11.7 Å². The number of allylic oxidation sites excluding steroid dienone is 2. The molecule has 0 N–H and O–H groups in total. The Morgan fingerprint density at radius 3 is 2.53 bits per heavy atom. The van der Waals surface area contributed by atoms with E-state index in [1.54, 1.807) is 5.57 Å². The van der Waals surface area contributed by atoms with Gasteiger partial charge in [0.1, 0.15) is 0 Å². The molecule has 0 fully saturated rings. The molecule has 0 aromatic rings. The molecule has 0 saturated heterocycles. The van der Waals surface area contributed by atoms with Gasteiger partial charge in [-0.3, -0.25) is 0 Å². The fourth-order valence-electron chi connectivity index (χ4n) is 2.15. The van der Waals surface area contributed by atoms with Crippen LogP contribution in [0.1, 0.15) is 60.3 Å². The molecule has 1 aliphatic carbocycles. The lowest BCUT2D eigenvalue weighted by Gasteiger charge is -2.32. The summed E-state index contributed by atoms with van der Waals surface area (Å²) in [6, 6.07) is 0. The van der Waals surface area contributed by atoms with Crippen LogP contribution >= 0.6 is 0 Å². The fraction of sp³-hybridized carbons (Fsp3) is 0.857. The summed E-state index contributed by atoms with van der Waals surface area (Å²) < 4.78 is 6.13. The van der Waals surface area contributed by atoms with Crippen LogP contribution in [0.25, 0.3) is 0 Å². The highest BCUT2D eigenvalue weighted by molar-refractivity contribution is 5.00. The van der Waals surface area contributed by atoms with Crippen molar-refractivity contribution >= 4 is 0 Å². The Morgan fingerprint density at radius 1 is 1.27 bits per heavy atom. The van der Waals surface area contributed by atoms with Gasteiger partial charge in [0, 0.05) is 0 Å². The highest BCUT2D eigenvalue weighted by Crippen LogP contribution is 2.27. The van der Waals surface area contributed by atoms with Crippen LogP contribution < -0.4 is 0 Å². The van der Waals surface area contributed by atoms with Gasteiger partial charge in [-0.15, -0.1) is 0 Å². The van der Waals surface area contributed by atoms with Gasteiger partial charge in [-0.05, 0) is 59.3 Å². The molecule has 0 saturated carbocycles. The smallest absolute Gasteiger partial charge is 0.0610 e. The molecule has 0 aromatic heterocycles. The maximum atomic E-state index is 6.13. The first-order valence-corrected chi connectivity index (χ1v) is 6.22. The first-order valence-electron chi connectivity index (χ1n) is 6.22. The summed E-state index contributed by atoms with van der Waals surface area (Å²) in [5.41, 5.74) is 1.55. The molecule has 2 unspecified atom stereocenters. The van der Waals surface area contributed by atoms with E-state index in [0.717, 1.165) is 0 Å². The number of ether oxygens (including phenoxy) is 1. The van der Waals surface area contributed by atoms with Crippen LogP contribution in [0.3, 0.4) is 0 Å². The Hall–Kier alpha value is -0.300. The predicted molar refractivity (Wildman–Crippen MR) is 66.0 cm³/mol. The van der Waals surface area contributed by atoms with Crippen molar-refractivity contribution in [3.05, 3.63) is 11.6 Å². The Morgan fingerprint density at radius 2 is 1.93 bits per heavy atom. The molecule has 15 heavy (non-hydrogen) atoms. The third-order valence-electron chi connectivity index (χ3n) is 3.08. The van der Waals surface area contributed by atoms with Crippen LogP contribution in [0.5, 0.6) is 0 Å². The summed E-state index contributed by atoms with van der Waals surface area (Å²) in [5, 5.41) is 0. The first kappa shape index (κ1) is 12.8. The Labute approximate surface area is 94.9 Å². The molecule has 0 radical (unpaired) electrons. The van der Waals surface area contributed by atoms with E-state index in [1.165, 1.54) is 25.7 Å². The standard InChI is InChI=1S/C14H26O/c1-11-7-6-8-13(12(2)10-9-11)15-14(3,4)5/h7,12-13H,6,8-10H2,1-5H3/b11-7-. The summed E-state index contributed by atoms with van der Waals surface area (Å²) in [4.78, 5) is 0. The summed E-state index contributed by atoms with van der Waals surface area (Å²) in [6.07, 6.45) is 7.68. The van der Waals surface area contributed by atoms with Crippen molar-refractivity contribution in [3.8, 4) is 0 Å². The quantitative estimate of drug-likeness (QED) is 0.585. The van der Waals surface area contributed by atoms with Gasteiger partial charge < -0.3 is 4.74 Å². The van der Waals surface area contributed by atoms with E-state index in [-0.39, 0.29) is 5.60 Å². The van der Waals surface area contributed by atoms with E-state index < -0.39 is 0 Å². The average Bonchev–Trinajstić information content (AvgIpc) is 2.08. The molecule has 1 rings (SSSR count). The van der Waals surface area contributed by atoms with Crippen molar-refractivity contribution in [3.63, 3.8) is 0 Å². The maximum absolute atomic E-state index is 6.13. The molecule has 1 aliphatic rings. The van der Waals surface area contributed by atoms with Gasteiger partial charge in [0.2, 0.25) is 0 Å². The lowest BCUT2D eigenvalue weighted by molar-refractivity contribution is -0.0864. The van der Waals surface area contributed by atoms with Crippen LogP contribution in [0.15, 0.2) is 11.6 Å². The molecule has 0 heterocycles. The average molecular weight is 210 g/mol. The van der Waals surface area contributed by atoms with Crippen molar-refractivity contribution in [1.82, 2.24) is 0 Å². The maximum Gasteiger partial charge on any atom is 0.0610 e. The molecule has 0 spiro atoms. The molecule has 0 bridgehead atoms. The molecule has 1 heteroatoms. The number of hydrogen-bond donors (Lipinski definition) is 0. The van der Waals surface area contributed by atoms with E-state index in [4.69, 9.17) is 4.74 Å². The van der Waals surface area contributed by atoms with E-state index >= 15 is 0 Å². The van der Waals surface area contributed by atoms with Crippen molar-refractivity contribution in [1.29, 1.82) is 0 Å². The topological polar surface area (TPSA) is 9.23 Å². The van der Waals surface area contributed by atoms with Gasteiger partial charge in [-0.1, -0.05) is 18.6 Å². The first-order chi connectivity index (χ1) is 6.88. The summed E-state index contributed by atoms with van der Waals surface area (Å²) >= 11 is 0. The largest absolute Gasteiger partial charge is 0.372 e. The lowest BCUT2D eigenvalue weighted by atomic mass is 9.90. The van der Waals surface area contributed by atoms with Crippen LogP contribution in [0.2, 0.25) is 0 Å². The van der Waals surface area contributed by atoms with Crippen LogP contribution in [0.4, 0.5) is 0 Å². The number of rotatable bonds is 1. The van der Waals surface area contributed by atoms with Gasteiger partial charge in [-0.2, -0.15) is 0 Å². The minimum atomic E-state index is -0.00309. The van der Waals surface area contributed by atoms with Gasteiger partial charge in [-0.25, -0.2) is 0 Å².